The van der Waals surface area contributed by atoms with Crippen molar-refractivity contribution in [3.05, 3.63) is 65.0 Å². The number of benzodiazepines with no additional fused rings is 1. The van der Waals surface area contributed by atoms with Crippen molar-refractivity contribution in [2.45, 2.75) is 39.5 Å². The van der Waals surface area contributed by atoms with E-state index in [1.165, 1.54) is 11.0 Å². The van der Waals surface area contributed by atoms with Crippen LogP contribution in [0.4, 0.5) is 10.1 Å². The summed E-state index contributed by atoms with van der Waals surface area (Å²) in [6, 6.07) is 11.5. The smallest absolute Gasteiger partial charge is 0.326 e. The summed E-state index contributed by atoms with van der Waals surface area (Å²) in [7, 11) is 0. The molecule has 1 unspecified atom stereocenters. The van der Waals surface area contributed by atoms with Crippen molar-refractivity contribution in [3.63, 3.8) is 0 Å². The Morgan fingerprint density at radius 1 is 1.17 bits per heavy atom. The molecule has 1 aliphatic rings. The lowest BCUT2D eigenvalue weighted by Crippen LogP contribution is -2.46. The maximum Gasteiger partial charge on any atom is 0.326 e. The van der Waals surface area contributed by atoms with Crippen LogP contribution < -0.4 is 10.6 Å². The third-order valence-electron chi connectivity index (χ3n) is 4.39. The van der Waals surface area contributed by atoms with Crippen LogP contribution in [0.1, 0.15) is 37.5 Å². The second kappa shape index (κ2) is 7.75. The van der Waals surface area contributed by atoms with Gasteiger partial charge in [-0.1, -0.05) is 30.3 Å². The van der Waals surface area contributed by atoms with Gasteiger partial charge in [-0.3, -0.25) is 19.5 Å². The van der Waals surface area contributed by atoms with Crippen molar-refractivity contribution < 1.29 is 18.7 Å². The Labute approximate surface area is 169 Å². The van der Waals surface area contributed by atoms with Crippen LogP contribution >= 0.6 is 0 Å². The van der Waals surface area contributed by atoms with Crippen LogP contribution in [0.3, 0.4) is 0 Å². The van der Waals surface area contributed by atoms with Crippen molar-refractivity contribution >= 4 is 23.3 Å². The van der Waals surface area contributed by atoms with E-state index in [4.69, 9.17) is 10.5 Å². The number of esters is 1. The number of carbonyl (C=O) groups excluding carboxylic acids is 2. The lowest BCUT2D eigenvalue weighted by atomic mass is 9.97. The SMILES string of the molecule is Cc1cccc2c1N(CC(=O)OC(C)(C)C)C(=O)C(N)N=C2c1ccccc1F. The third-order valence-corrected chi connectivity index (χ3v) is 4.39. The topological polar surface area (TPSA) is 85.0 Å². The maximum absolute atomic E-state index is 14.5. The van der Waals surface area contributed by atoms with Crippen LogP contribution in [0.25, 0.3) is 0 Å². The number of anilines is 1. The number of nitrogens with zero attached hydrogens (tertiary/aromatic N) is 2. The number of fused-ring (bicyclic) bond motifs is 1. The summed E-state index contributed by atoms with van der Waals surface area (Å²) in [5, 5.41) is 0. The van der Waals surface area contributed by atoms with Crippen LogP contribution in [0.5, 0.6) is 0 Å². The predicted octanol–water partition coefficient (Wildman–Crippen LogP) is 2.94. The molecule has 2 aromatic carbocycles. The van der Waals surface area contributed by atoms with Gasteiger partial charge in [0.25, 0.3) is 5.91 Å². The Hall–Kier alpha value is -3.06. The zero-order chi connectivity index (χ0) is 21.3. The van der Waals surface area contributed by atoms with E-state index in [0.29, 0.717) is 11.3 Å². The van der Waals surface area contributed by atoms with E-state index in [1.807, 2.05) is 13.0 Å². The van der Waals surface area contributed by atoms with Gasteiger partial charge in [-0.05, 0) is 45.4 Å². The monoisotopic (exact) mass is 397 g/mol. The molecule has 6 nitrogen and oxygen atoms in total. The van der Waals surface area contributed by atoms with Gasteiger partial charge in [0.2, 0.25) is 0 Å². The molecular weight excluding hydrogens is 373 g/mol. The normalized spacial score (nSPS) is 16.8. The number of aliphatic imine (C=N–C) groups is 1. The average molecular weight is 397 g/mol. The fourth-order valence-corrected chi connectivity index (χ4v) is 3.27. The third kappa shape index (κ3) is 4.35. The molecule has 1 heterocycles. The average Bonchev–Trinajstić information content (AvgIpc) is 2.72. The molecule has 0 saturated carbocycles. The first kappa shape index (κ1) is 20.7. The number of benzene rings is 2. The predicted molar refractivity (Wildman–Crippen MR) is 109 cm³/mol. The molecule has 0 fully saturated rings. The molecule has 1 atom stereocenters. The summed E-state index contributed by atoms with van der Waals surface area (Å²) in [4.78, 5) is 31.1. The molecular formula is C22H24FN3O3. The highest BCUT2D eigenvalue weighted by molar-refractivity contribution is 6.21. The molecule has 2 aromatic rings. The van der Waals surface area contributed by atoms with E-state index in [9.17, 15) is 14.0 Å². The highest BCUT2D eigenvalue weighted by Gasteiger charge is 2.34. The largest absolute Gasteiger partial charge is 0.459 e. The number of para-hydroxylation sites is 1. The second-order valence-electron chi connectivity index (χ2n) is 7.88. The van der Waals surface area contributed by atoms with Crippen molar-refractivity contribution in [2.24, 2.45) is 10.7 Å². The summed E-state index contributed by atoms with van der Waals surface area (Å²) in [6.07, 6.45) is -1.28. The number of ether oxygens (including phenoxy) is 1. The molecule has 0 spiro atoms. The quantitative estimate of drug-likeness (QED) is 0.807. The number of rotatable bonds is 3. The maximum atomic E-state index is 14.5. The van der Waals surface area contributed by atoms with Gasteiger partial charge in [-0.25, -0.2) is 4.39 Å². The highest BCUT2D eigenvalue weighted by atomic mass is 19.1. The Kier molecular flexibility index (Phi) is 5.53. The Morgan fingerprint density at radius 3 is 2.48 bits per heavy atom. The summed E-state index contributed by atoms with van der Waals surface area (Å²) < 4.78 is 19.9. The molecule has 2 N–H and O–H groups in total. The molecule has 1 aliphatic heterocycles. The lowest BCUT2D eigenvalue weighted by molar-refractivity contribution is -0.153. The summed E-state index contributed by atoms with van der Waals surface area (Å²) in [5.41, 5.74) is 7.57. The highest BCUT2D eigenvalue weighted by Crippen LogP contribution is 2.31. The van der Waals surface area contributed by atoms with Crippen molar-refractivity contribution in [1.82, 2.24) is 0 Å². The molecule has 0 aromatic heterocycles. The molecule has 7 heteroatoms. The number of carbonyl (C=O) groups is 2. The molecule has 0 bridgehead atoms. The Balaban J connectivity index is 2.14. The van der Waals surface area contributed by atoms with E-state index in [1.54, 1.807) is 51.1 Å². The van der Waals surface area contributed by atoms with E-state index < -0.39 is 29.5 Å². The standard InChI is InChI=1S/C22H24FN3O3/c1-13-8-7-10-15-18(14-9-5-6-11-16(14)23)25-20(24)21(28)26(19(13)15)12-17(27)29-22(2,3)4/h5-11,20H,12,24H2,1-4H3. The van der Waals surface area contributed by atoms with Crippen molar-refractivity contribution in [3.8, 4) is 0 Å². The fraction of sp³-hybridized carbons (Fsp3) is 0.318. The molecule has 3 rings (SSSR count). The van der Waals surface area contributed by atoms with Crippen molar-refractivity contribution in [2.75, 3.05) is 11.4 Å². The number of aryl methyl sites for hydroxylation is 1. The van der Waals surface area contributed by atoms with Crippen LogP contribution in [0.15, 0.2) is 47.5 Å². The van der Waals surface area contributed by atoms with Crippen LogP contribution in [0, 0.1) is 12.7 Å². The molecule has 0 saturated heterocycles. The van der Waals surface area contributed by atoms with Gasteiger partial charge < -0.3 is 10.5 Å². The first-order valence-electron chi connectivity index (χ1n) is 9.30. The Bertz CT molecular complexity index is 995. The van der Waals surface area contributed by atoms with Gasteiger partial charge in [0.15, 0.2) is 6.17 Å². The Morgan fingerprint density at radius 2 is 1.83 bits per heavy atom. The van der Waals surface area contributed by atoms with E-state index in [0.717, 1.165) is 5.56 Å². The first-order chi connectivity index (χ1) is 13.6. The summed E-state index contributed by atoms with van der Waals surface area (Å²) in [6.45, 7) is 6.74. The first-order valence-corrected chi connectivity index (χ1v) is 9.30. The fourth-order valence-electron chi connectivity index (χ4n) is 3.27. The van der Waals surface area contributed by atoms with Crippen molar-refractivity contribution in [1.29, 1.82) is 0 Å². The molecule has 0 aliphatic carbocycles. The zero-order valence-corrected chi connectivity index (χ0v) is 16.9. The molecule has 29 heavy (non-hydrogen) atoms. The van der Waals surface area contributed by atoms with Gasteiger partial charge in [0.05, 0.1) is 11.4 Å². The number of amides is 1. The minimum absolute atomic E-state index is 0.238. The van der Waals surface area contributed by atoms with Crippen LogP contribution in [0.2, 0.25) is 0 Å². The van der Waals surface area contributed by atoms with Gasteiger partial charge in [-0.15, -0.1) is 0 Å². The minimum Gasteiger partial charge on any atom is -0.459 e. The molecule has 152 valence electrons. The van der Waals surface area contributed by atoms with Gasteiger partial charge in [-0.2, -0.15) is 0 Å². The van der Waals surface area contributed by atoms with E-state index in [-0.39, 0.29) is 17.8 Å². The van der Waals surface area contributed by atoms with Gasteiger partial charge >= 0.3 is 5.97 Å². The second-order valence-corrected chi connectivity index (χ2v) is 7.88. The minimum atomic E-state index is -1.28. The lowest BCUT2D eigenvalue weighted by Gasteiger charge is -2.27. The van der Waals surface area contributed by atoms with Crippen LogP contribution in [-0.2, 0) is 14.3 Å². The van der Waals surface area contributed by atoms with Gasteiger partial charge in [0.1, 0.15) is 18.0 Å². The van der Waals surface area contributed by atoms with E-state index in [2.05, 4.69) is 4.99 Å². The van der Waals surface area contributed by atoms with Gasteiger partial charge in [0, 0.05) is 11.1 Å². The number of hydrogen-bond acceptors (Lipinski definition) is 5. The summed E-state index contributed by atoms with van der Waals surface area (Å²) >= 11 is 0. The zero-order valence-electron chi connectivity index (χ0n) is 16.9. The molecule has 0 radical (unpaired) electrons. The number of hydrogen-bond donors (Lipinski definition) is 1. The van der Waals surface area contributed by atoms with E-state index >= 15 is 0 Å². The number of halogens is 1. The van der Waals surface area contributed by atoms with Crippen LogP contribution in [-0.4, -0.2) is 35.9 Å². The number of nitrogens with two attached hydrogens (primary N) is 1. The molecule has 1 amide bonds. The summed E-state index contributed by atoms with van der Waals surface area (Å²) in [5.74, 6) is -1.60.